The van der Waals surface area contributed by atoms with Gasteiger partial charge in [-0.2, -0.15) is 0 Å². The first-order chi connectivity index (χ1) is 8.56. The van der Waals surface area contributed by atoms with Crippen molar-refractivity contribution in [3.63, 3.8) is 0 Å². The number of aliphatic hydroxyl groups is 2. The number of ether oxygens (including phenoxy) is 2. The van der Waals surface area contributed by atoms with Gasteiger partial charge < -0.3 is 19.7 Å². The molecule has 1 rings (SSSR count). The fraction of sp³-hybridized carbons (Fsp3) is 0.769. The molecular weight excluding hydrogens is 236 g/mol. The quantitative estimate of drug-likeness (QED) is 0.578. The Morgan fingerprint density at radius 3 is 2.78 bits per heavy atom. The molecule has 0 spiro atoms. The summed E-state index contributed by atoms with van der Waals surface area (Å²) in [6, 6.07) is 0. The molecule has 1 aliphatic heterocycles. The highest BCUT2D eigenvalue weighted by molar-refractivity contribution is 5.70. The second kappa shape index (κ2) is 7.51. The van der Waals surface area contributed by atoms with Gasteiger partial charge in [-0.3, -0.25) is 4.79 Å². The monoisotopic (exact) mass is 258 g/mol. The van der Waals surface area contributed by atoms with Gasteiger partial charge in [0, 0.05) is 13.5 Å². The van der Waals surface area contributed by atoms with E-state index >= 15 is 0 Å². The number of cyclic esters (lactones) is 1. The fourth-order valence-corrected chi connectivity index (χ4v) is 1.95. The van der Waals surface area contributed by atoms with E-state index in [2.05, 4.69) is 0 Å². The van der Waals surface area contributed by atoms with Crippen LogP contribution in [-0.2, 0) is 14.3 Å². The highest BCUT2D eigenvalue weighted by Gasteiger charge is 2.25. The summed E-state index contributed by atoms with van der Waals surface area (Å²) < 4.78 is 10.4. The van der Waals surface area contributed by atoms with E-state index in [9.17, 15) is 15.0 Å². The van der Waals surface area contributed by atoms with Gasteiger partial charge in [0.1, 0.15) is 6.10 Å². The van der Waals surface area contributed by atoms with Crippen LogP contribution in [0.2, 0.25) is 0 Å². The number of hydrogen-bond acceptors (Lipinski definition) is 5. The van der Waals surface area contributed by atoms with Crippen molar-refractivity contribution in [1.82, 2.24) is 0 Å². The molecule has 0 saturated heterocycles. The van der Waals surface area contributed by atoms with Crippen molar-refractivity contribution in [2.45, 2.75) is 57.0 Å². The van der Waals surface area contributed by atoms with E-state index in [-0.39, 0.29) is 24.9 Å². The Labute approximate surface area is 107 Å². The SMILES string of the molecule is CCC[C@@H]1C[C@H](O)[C@@H](O)C=C[C@@H](OC)CC(=O)O1. The zero-order valence-corrected chi connectivity index (χ0v) is 10.9. The lowest BCUT2D eigenvalue weighted by Crippen LogP contribution is -2.33. The maximum Gasteiger partial charge on any atom is 0.309 e. The molecular formula is C13H22O5. The smallest absolute Gasteiger partial charge is 0.309 e. The molecule has 0 bridgehead atoms. The van der Waals surface area contributed by atoms with Gasteiger partial charge in [-0.25, -0.2) is 0 Å². The highest BCUT2D eigenvalue weighted by Crippen LogP contribution is 2.16. The summed E-state index contributed by atoms with van der Waals surface area (Å²) in [4.78, 5) is 11.7. The minimum atomic E-state index is -0.959. The van der Waals surface area contributed by atoms with E-state index in [1.165, 1.54) is 13.2 Å². The molecule has 0 aliphatic carbocycles. The third-order valence-corrected chi connectivity index (χ3v) is 3.00. The summed E-state index contributed by atoms with van der Waals surface area (Å²) in [7, 11) is 1.49. The lowest BCUT2D eigenvalue weighted by Gasteiger charge is -2.24. The lowest BCUT2D eigenvalue weighted by molar-refractivity contribution is -0.153. The van der Waals surface area contributed by atoms with Crippen LogP contribution in [0.15, 0.2) is 12.2 Å². The van der Waals surface area contributed by atoms with Crippen LogP contribution in [0.25, 0.3) is 0 Å². The fourth-order valence-electron chi connectivity index (χ4n) is 1.95. The molecule has 1 aliphatic rings. The van der Waals surface area contributed by atoms with Crippen molar-refractivity contribution in [3.05, 3.63) is 12.2 Å². The number of hydrogen-bond donors (Lipinski definition) is 2. The molecule has 0 radical (unpaired) electrons. The van der Waals surface area contributed by atoms with E-state index in [0.29, 0.717) is 6.42 Å². The maximum atomic E-state index is 11.7. The minimum Gasteiger partial charge on any atom is -0.462 e. The van der Waals surface area contributed by atoms with E-state index < -0.39 is 18.3 Å². The largest absolute Gasteiger partial charge is 0.462 e. The number of esters is 1. The third-order valence-electron chi connectivity index (χ3n) is 3.00. The Bertz CT molecular complexity index is 289. The Morgan fingerprint density at radius 1 is 1.44 bits per heavy atom. The molecule has 4 atom stereocenters. The molecule has 1 heterocycles. The average molecular weight is 258 g/mol. The van der Waals surface area contributed by atoms with E-state index in [0.717, 1.165) is 6.42 Å². The minimum absolute atomic E-state index is 0.121. The summed E-state index contributed by atoms with van der Waals surface area (Å²) in [6.07, 6.45) is 2.28. The van der Waals surface area contributed by atoms with Crippen LogP contribution in [-0.4, -0.2) is 47.7 Å². The van der Waals surface area contributed by atoms with E-state index in [4.69, 9.17) is 9.47 Å². The molecule has 5 nitrogen and oxygen atoms in total. The molecule has 0 unspecified atom stereocenters. The Kier molecular flexibility index (Phi) is 6.32. The lowest BCUT2D eigenvalue weighted by atomic mass is 10.0. The van der Waals surface area contributed by atoms with Crippen LogP contribution in [0.5, 0.6) is 0 Å². The first kappa shape index (κ1) is 15.1. The summed E-state index contributed by atoms with van der Waals surface area (Å²) in [6.45, 7) is 1.98. The first-order valence-corrected chi connectivity index (χ1v) is 6.33. The summed E-state index contributed by atoms with van der Waals surface area (Å²) in [5.74, 6) is -0.339. The van der Waals surface area contributed by atoms with Crippen LogP contribution in [0, 0.1) is 0 Å². The standard InChI is InChI=1S/C13H22O5/c1-3-4-10-7-12(15)11(14)6-5-9(17-2)8-13(16)18-10/h5-6,9-12,14-15H,3-4,7-8H2,1-2H3/t9-,10-,11+,12+/m1/s1. The van der Waals surface area contributed by atoms with E-state index in [1.54, 1.807) is 6.08 Å². The van der Waals surface area contributed by atoms with Crippen molar-refractivity contribution < 1.29 is 24.5 Å². The van der Waals surface area contributed by atoms with Crippen molar-refractivity contribution in [2.24, 2.45) is 0 Å². The Balaban J connectivity index is 2.78. The Hall–Kier alpha value is -0.910. The third kappa shape index (κ3) is 4.76. The molecule has 5 heteroatoms. The second-order valence-electron chi connectivity index (χ2n) is 4.56. The Morgan fingerprint density at radius 2 is 2.17 bits per heavy atom. The zero-order chi connectivity index (χ0) is 13.5. The van der Waals surface area contributed by atoms with Crippen molar-refractivity contribution in [1.29, 1.82) is 0 Å². The molecule has 18 heavy (non-hydrogen) atoms. The molecule has 0 fully saturated rings. The molecule has 0 saturated carbocycles. The second-order valence-corrected chi connectivity index (χ2v) is 4.56. The van der Waals surface area contributed by atoms with Crippen molar-refractivity contribution in [3.8, 4) is 0 Å². The maximum absolute atomic E-state index is 11.7. The van der Waals surface area contributed by atoms with Crippen molar-refractivity contribution in [2.75, 3.05) is 7.11 Å². The molecule has 0 aromatic heterocycles. The van der Waals surface area contributed by atoms with Gasteiger partial charge in [0.25, 0.3) is 0 Å². The van der Waals surface area contributed by atoms with Crippen molar-refractivity contribution >= 4 is 5.97 Å². The van der Waals surface area contributed by atoms with Gasteiger partial charge in [0.2, 0.25) is 0 Å². The summed E-state index contributed by atoms with van der Waals surface area (Å²) in [5, 5.41) is 19.5. The molecule has 2 N–H and O–H groups in total. The van der Waals surface area contributed by atoms with Gasteiger partial charge in [0.15, 0.2) is 0 Å². The number of carbonyl (C=O) groups excluding carboxylic acids is 1. The number of methoxy groups -OCH3 is 1. The number of rotatable bonds is 3. The molecule has 0 aromatic carbocycles. The van der Waals surface area contributed by atoms with Crippen LogP contribution < -0.4 is 0 Å². The van der Waals surface area contributed by atoms with Crippen LogP contribution in [0.3, 0.4) is 0 Å². The van der Waals surface area contributed by atoms with Gasteiger partial charge >= 0.3 is 5.97 Å². The predicted molar refractivity (Wildman–Crippen MR) is 66.0 cm³/mol. The van der Waals surface area contributed by atoms with Gasteiger partial charge in [-0.15, -0.1) is 0 Å². The summed E-state index contributed by atoms with van der Waals surface area (Å²) in [5.41, 5.74) is 0. The molecule has 104 valence electrons. The average Bonchev–Trinajstić information content (AvgIpc) is 2.33. The predicted octanol–water partition coefficient (Wildman–Crippen LogP) is 0.785. The topological polar surface area (TPSA) is 76.0 Å². The summed E-state index contributed by atoms with van der Waals surface area (Å²) >= 11 is 0. The number of aliphatic hydroxyl groups excluding tert-OH is 2. The van der Waals surface area contributed by atoms with Crippen LogP contribution in [0.1, 0.15) is 32.6 Å². The zero-order valence-electron chi connectivity index (χ0n) is 10.9. The van der Waals surface area contributed by atoms with Crippen LogP contribution >= 0.6 is 0 Å². The first-order valence-electron chi connectivity index (χ1n) is 6.33. The highest BCUT2D eigenvalue weighted by atomic mass is 16.5. The molecule has 0 aromatic rings. The number of carbonyl (C=O) groups is 1. The molecule has 0 amide bonds. The normalized spacial score (nSPS) is 34.1. The van der Waals surface area contributed by atoms with Crippen LogP contribution in [0.4, 0.5) is 0 Å². The van der Waals surface area contributed by atoms with Gasteiger partial charge in [-0.05, 0) is 6.42 Å². The van der Waals surface area contributed by atoms with Gasteiger partial charge in [-0.1, -0.05) is 25.5 Å². The van der Waals surface area contributed by atoms with Gasteiger partial charge in [0.05, 0.1) is 24.7 Å². The van der Waals surface area contributed by atoms with E-state index in [1.807, 2.05) is 6.92 Å².